The molecule has 0 radical (unpaired) electrons. The number of nitrogens with zero attached hydrogens (tertiary/aromatic N) is 3. The molecular formula is C21H27N3O2S. The first-order valence-corrected chi connectivity index (χ1v) is 10.3. The zero-order chi connectivity index (χ0) is 19.7. The van der Waals surface area contributed by atoms with Crippen molar-refractivity contribution in [2.45, 2.75) is 40.5 Å². The van der Waals surface area contributed by atoms with Crippen molar-refractivity contribution in [3.05, 3.63) is 29.1 Å². The number of carbonyl (C=O) groups is 2. The van der Waals surface area contributed by atoms with E-state index in [4.69, 9.17) is 0 Å². The molecule has 5 nitrogen and oxygen atoms in total. The minimum Gasteiger partial charge on any atom is -0.312 e. The Balaban J connectivity index is 1.88. The quantitative estimate of drug-likeness (QED) is 0.785. The summed E-state index contributed by atoms with van der Waals surface area (Å²) in [5.41, 5.74) is 4.11. The third-order valence-corrected chi connectivity index (χ3v) is 5.77. The average molecular weight is 386 g/mol. The van der Waals surface area contributed by atoms with E-state index in [0.29, 0.717) is 5.13 Å². The molecular weight excluding hydrogens is 358 g/mol. The summed E-state index contributed by atoms with van der Waals surface area (Å²) in [4.78, 5) is 32.9. The largest absolute Gasteiger partial charge is 0.312 e. The second-order valence-corrected chi connectivity index (χ2v) is 8.50. The van der Waals surface area contributed by atoms with Gasteiger partial charge in [-0.3, -0.25) is 14.5 Å². The molecule has 0 spiro atoms. The van der Waals surface area contributed by atoms with Crippen LogP contribution in [0.1, 0.15) is 39.7 Å². The minimum atomic E-state index is -0.0597. The first-order valence-electron chi connectivity index (χ1n) is 9.47. The van der Waals surface area contributed by atoms with Gasteiger partial charge in [0.1, 0.15) is 0 Å². The molecule has 1 aliphatic rings. The normalized spacial score (nSPS) is 13.8. The zero-order valence-electron chi connectivity index (χ0n) is 16.7. The molecule has 0 fully saturated rings. The van der Waals surface area contributed by atoms with Gasteiger partial charge in [-0.1, -0.05) is 33.8 Å². The number of hydrogen-bond acceptors (Lipinski definition) is 4. The lowest BCUT2D eigenvalue weighted by Crippen LogP contribution is -2.38. The number of thiazole rings is 1. The highest BCUT2D eigenvalue weighted by atomic mass is 32.1. The SMILES string of the molecule is CC(C)C(=O)N(C)c1nc(-c2ccc3c(c2)CCCN3C(=O)C(C)C)cs1. The summed E-state index contributed by atoms with van der Waals surface area (Å²) in [5.74, 6) is 0.166. The maximum atomic E-state index is 12.5. The van der Waals surface area contributed by atoms with Crippen LogP contribution in [0.25, 0.3) is 11.3 Å². The fraction of sp³-hybridized carbons (Fsp3) is 0.476. The van der Waals surface area contributed by atoms with Crippen LogP contribution in [0.15, 0.2) is 23.6 Å². The third-order valence-electron chi connectivity index (χ3n) is 4.86. The molecule has 2 amide bonds. The van der Waals surface area contributed by atoms with E-state index >= 15 is 0 Å². The molecule has 1 aromatic carbocycles. The van der Waals surface area contributed by atoms with Crippen molar-refractivity contribution in [3.8, 4) is 11.3 Å². The Morgan fingerprint density at radius 3 is 2.59 bits per heavy atom. The Hall–Kier alpha value is -2.21. The van der Waals surface area contributed by atoms with Crippen molar-refractivity contribution in [1.82, 2.24) is 4.98 Å². The Bertz CT molecular complexity index is 857. The molecule has 3 rings (SSSR count). The number of hydrogen-bond donors (Lipinski definition) is 0. The van der Waals surface area contributed by atoms with E-state index < -0.39 is 0 Å². The summed E-state index contributed by atoms with van der Waals surface area (Å²) in [6.45, 7) is 8.45. The number of anilines is 2. The summed E-state index contributed by atoms with van der Waals surface area (Å²) in [7, 11) is 1.77. The van der Waals surface area contributed by atoms with E-state index in [1.54, 1.807) is 11.9 Å². The molecule has 0 saturated heterocycles. The number of benzene rings is 1. The fourth-order valence-electron chi connectivity index (χ4n) is 3.33. The standard InChI is InChI=1S/C21H27N3O2S/c1-13(2)19(25)23(5)21-22-17(12-27-21)15-8-9-18-16(11-15)7-6-10-24(18)20(26)14(3)4/h8-9,11-14H,6-7,10H2,1-5H3. The molecule has 0 aliphatic carbocycles. The molecule has 27 heavy (non-hydrogen) atoms. The lowest BCUT2D eigenvalue weighted by molar-refractivity contribution is -0.122. The van der Waals surface area contributed by atoms with E-state index in [1.165, 1.54) is 16.9 Å². The van der Waals surface area contributed by atoms with Gasteiger partial charge in [0.25, 0.3) is 0 Å². The molecule has 0 unspecified atom stereocenters. The van der Waals surface area contributed by atoms with Crippen LogP contribution in [0.2, 0.25) is 0 Å². The Morgan fingerprint density at radius 2 is 1.93 bits per heavy atom. The van der Waals surface area contributed by atoms with E-state index in [1.807, 2.05) is 50.1 Å². The van der Waals surface area contributed by atoms with Gasteiger partial charge >= 0.3 is 0 Å². The van der Waals surface area contributed by atoms with Gasteiger partial charge < -0.3 is 4.90 Å². The average Bonchev–Trinajstić information content (AvgIpc) is 3.15. The second kappa shape index (κ2) is 7.80. The monoisotopic (exact) mass is 385 g/mol. The molecule has 0 saturated carbocycles. The highest BCUT2D eigenvalue weighted by Gasteiger charge is 2.25. The molecule has 2 aromatic rings. The molecule has 6 heteroatoms. The van der Waals surface area contributed by atoms with Gasteiger partial charge in [0.2, 0.25) is 11.8 Å². The lowest BCUT2D eigenvalue weighted by atomic mass is 9.97. The number of amides is 2. The fourth-order valence-corrected chi connectivity index (χ4v) is 4.13. The van der Waals surface area contributed by atoms with Crippen LogP contribution < -0.4 is 9.80 Å². The number of rotatable bonds is 4. The van der Waals surface area contributed by atoms with Gasteiger partial charge in [-0.15, -0.1) is 11.3 Å². The lowest BCUT2D eigenvalue weighted by Gasteiger charge is -2.31. The van der Waals surface area contributed by atoms with Crippen LogP contribution in [0.4, 0.5) is 10.8 Å². The van der Waals surface area contributed by atoms with Crippen LogP contribution in [-0.4, -0.2) is 30.4 Å². The van der Waals surface area contributed by atoms with E-state index in [0.717, 1.165) is 36.3 Å². The Kier molecular flexibility index (Phi) is 5.65. The van der Waals surface area contributed by atoms with Gasteiger partial charge in [0, 0.05) is 42.1 Å². The second-order valence-electron chi connectivity index (χ2n) is 7.66. The van der Waals surface area contributed by atoms with Crippen LogP contribution in [0.5, 0.6) is 0 Å². The minimum absolute atomic E-state index is 0.00856. The van der Waals surface area contributed by atoms with Crippen molar-refractivity contribution >= 4 is 34.0 Å². The maximum absolute atomic E-state index is 12.5. The summed E-state index contributed by atoms with van der Waals surface area (Å²) in [6, 6.07) is 6.19. The molecule has 144 valence electrons. The van der Waals surface area contributed by atoms with Crippen molar-refractivity contribution in [3.63, 3.8) is 0 Å². The van der Waals surface area contributed by atoms with E-state index in [2.05, 4.69) is 11.1 Å². The first-order chi connectivity index (χ1) is 12.8. The molecule has 0 bridgehead atoms. The van der Waals surface area contributed by atoms with Gasteiger partial charge in [0.15, 0.2) is 5.13 Å². The van der Waals surface area contributed by atoms with Crippen molar-refractivity contribution in [1.29, 1.82) is 0 Å². The maximum Gasteiger partial charge on any atom is 0.231 e. The molecule has 0 N–H and O–H groups in total. The zero-order valence-corrected chi connectivity index (χ0v) is 17.5. The van der Waals surface area contributed by atoms with E-state index in [9.17, 15) is 9.59 Å². The van der Waals surface area contributed by atoms with Crippen molar-refractivity contribution < 1.29 is 9.59 Å². The van der Waals surface area contributed by atoms with Gasteiger partial charge in [-0.25, -0.2) is 4.98 Å². The number of aromatic nitrogens is 1. The number of carbonyl (C=O) groups excluding carboxylic acids is 2. The summed E-state index contributed by atoms with van der Waals surface area (Å²) in [5, 5.41) is 2.69. The third kappa shape index (κ3) is 3.90. The van der Waals surface area contributed by atoms with E-state index in [-0.39, 0.29) is 23.7 Å². The Morgan fingerprint density at radius 1 is 1.19 bits per heavy atom. The van der Waals surface area contributed by atoms with Gasteiger partial charge in [0.05, 0.1) is 5.69 Å². The molecule has 2 heterocycles. The summed E-state index contributed by atoms with van der Waals surface area (Å²) in [6.07, 6.45) is 1.94. The molecule has 1 aromatic heterocycles. The summed E-state index contributed by atoms with van der Waals surface area (Å²) < 4.78 is 0. The van der Waals surface area contributed by atoms with Gasteiger partial charge in [-0.05, 0) is 30.5 Å². The van der Waals surface area contributed by atoms with Gasteiger partial charge in [-0.2, -0.15) is 0 Å². The first kappa shape index (κ1) is 19.5. The van der Waals surface area contributed by atoms with Crippen LogP contribution in [0.3, 0.4) is 0 Å². The highest BCUT2D eigenvalue weighted by Crippen LogP contribution is 2.34. The number of fused-ring (bicyclic) bond motifs is 1. The molecule has 1 aliphatic heterocycles. The van der Waals surface area contributed by atoms with Crippen LogP contribution in [-0.2, 0) is 16.0 Å². The predicted octanol–water partition coefficient (Wildman–Crippen LogP) is 4.36. The van der Waals surface area contributed by atoms with Crippen molar-refractivity contribution in [2.24, 2.45) is 11.8 Å². The highest BCUT2D eigenvalue weighted by molar-refractivity contribution is 7.14. The smallest absolute Gasteiger partial charge is 0.231 e. The van der Waals surface area contributed by atoms with Crippen LogP contribution in [0, 0.1) is 11.8 Å². The summed E-state index contributed by atoms with van der Waals surface area (Å²) >= 11 is 1.47. The topological polar surface area (TPSA) is 53.5 Å². The number of aryl methyl sites for hydroxylation is 1. The Labute approximate surface area is 165 Å². The van der Waals surface area contributed by atoms with Crippen molar-refractivity contribution in [2.75, 3.05) is 23.4 Å². The van der Waals surface area contributed by atoms with Crippen LogP contribution >= 0.6 is 11.3 Å². The predicted molar refractivity (Wildman–Crippen MR) is 111 cm³/mol. The molecule has 0 atom stereocenters.